The first kappa shape index (κ1) is 14.6. The number of benzene rings is 1. The number of methoxy groups -OCH3 is 2. The summed E-state index contributed by atoms with van der Waals surface area (Å²) >= 11 is 5.33. The van der Waals surface area contributed by atoms with Crippen LogP contribution in [0.3, 0.4) is 0 Å². The highest BCUT2D eigenvalue weighted by molar-refractivity contribution is 7.71. The lowest BCUT2D eigenvalue weighted by Crippen LogP contribution is -2.23. The van der Waals surface area contributed by atoms with Crippen molar-refractivity contribution in [3.63, 3.8) is 0 Å². The number of aromatic amines is 1. The van der Waals surface area contributed by atoms with E-state index in [1.165, 1.54) is 0 Å². The highest BCUT2D eigenvalue weighted by atomic mass is 32.1. The SMILES string of the molecule is COc1ccc(-c2n[nH]c(=S)n2C(C)(C)C)c(OC)c1. The molecule has 1 heterocycles. The molecule has 1 N–H and O–H groups in total. The molecule has 0 unspecified atom stereocenters. The van der Waals surface area contributed by atoms with Gasteiger partial charge in [0.1, 0.15) is 11.5 Å². The number of rotatable bonds is 3. The molecule has 20 heavy (non-hydrogen) atoms. The average molecular weight is 293 g/mol. The molecule has 1 aromatic carbocycles. The van der Waals surface area contributed by atoms with Gasteiger partial charge in [-0.25, -0.2) is 0 Å². The molecule has 5 nitrogen and oxygen atoms in total. The number of aromatic nitrogens is 3. The van der Waals surface area contributed by atoms with E-state index in [0.717, 1.165) is 17.1 Å². The predicted molar refractivity (Wildman–Crippen MR) is 80.9 cm³/mol. The van der Waals surface area contributed by atoms with Crippen LogP contribution in [-0.2, 0) is 5.54 Å². The minimum Gasteiger partial charge on any atom is -0.497 e. The molecule has 0 fully saturated rings. The average Bonchev–Trinajstić information content (AvgIpc) is 2.79. The van der Waals surface area contributed by atoms with Crippen LogP contribution in [-0.4, -0.2) is 29.0 Å². The van der Waals surface area contributed by atoms with Crippen LogP contribution in [0.25, 0.3) is 11.4 Å². The Balaban J connectivity index is 2.67. The molecule has 108 valence electrons. The molecule has 0 spiro atoms. The van der Waals surface area contributed by atoms with Crippen LogP contribution in [0.15, 0.2) is 18.2 Å². The Kier molecular flexibility index (Phi) is 3.85. The van der Waals surface area contributed by atoms with Crippen LogP contribution in [0, 0.1) is 4.77 Å². The van der Waals surface area contributed by atoms with Crippen molar-refractivity contribution in [2.75, 3.05) is 14.2 Å². The normalized spacial score (nSPS) is 11.4. The fourth-order valence-electron chi connectivity index (χ4n) is 2.08. The van der Waals surface area contributed by atoms with E-state index in [-0.39, 0.29) is 5.54 Å². The highest BCUT2D eigenvalue weighted by Gasteiger charge is 2.22. The van der Waals surface area contributed by atoms with Crippen LogP contribution in [0.1, 0.15) is 20.8 Å². The standard InChI is InChI=1S/C14H19N3O2S/c1-14(2,3)17-12(15-16-13(17)20)10-7-6-9(18-4)8-11(10)19-5/h6-8H,1-5H3,(H,16,20). The summed E-state index contributed by atoms with van der Waals surface area (Å²) in [5.41, 5.74) is 0.695. The molecule has 0 amide bonds. The third kappa shape index (κ3) is 2.56. The molecule has 2 aromatic rings. The van der Waals surface area contributed by atoms with E-state index in [1.807, 2.05) is 22.8 Å². The van der Waals surface area contributed by atoms with Crippen molar-refractivity contribution in [2.24, 2.45) is 0 Å². The van der Waals surface area contributed by atoms with E-state index in [4.69, 9.17) is 21.7 Å². The summed E-state index contributed by atoms with van der Waals surface area (Å²) in [4.78, 5) is 0. The first-order chi connectivity index (χ1) is 9.38. The van der Waals surface area contributed by atoms with Crippen LogP contribution in [0.2, 0.25) is 0 Å². The molecule has 0 bridgehead atoms. The second-order valence-corrected chi connectivity index (χ2v) is 5.81. The number of hydrogen-bond donors (Lipinski definition) is 1. The molecular formula is C14H19N3O2S. The van der Waals surface area contributed by atoms with Crippen molar-refractivity contribution in [1.82, 2.24) is 14.8 Å². The molecular weight excluding hydrogens is 274 g/mol. The Morgan fingerprint density at radius 2 is 1.90 bits per heavy atom. The van der Waals surface area contributed by atoms with Gasteiger partial charge < -0.3 is 9.47 Å². The highest BCUT2D eigenvalue weighted by Crippen LogP contribution is 2.34. The van der Waals surface area contributed by atoms with Gasteiger partial charge in [-0.1, -0.05) is 0 Å². The maximum Gasteiger partial charge on any atom is 0.195 e. The van der Waals surface area contributed by atoms with Gasteiger partial charge in [-0.15, -0.1) is 0 Å². The quantitative estimate of drug-likeness (QED) is 0.881. The molecule has 0 saturated carbocycles. The third-order valence-corrected chi connectivity index (χ3v) is 3.27. The molecule has 6 heteroatoms. The summed E-state index contributed by atoms with van der Waals surface area (Å²) in [6.07, 6.45) is 0. The number of H-pyrrole nitrogens is 1. The molecule has 2 rings (SSSR count). The van der Waals surface area contributed by atoms with Crippen molar-refractivity contribution in [3.8, 4) is 22.9 Å². The summed E-state index contributed by atoms with van der Waals surface area (Å²) in [7, 11) is 3.25. The van der Waals surface area contributed by atoms with Crippen molar-refractivity contribution in [2.45, 2.75) is 26.3 Å². The van der Waals surface area contributed by atoms with Gasteiger partial charge in [0.25, 0.3) is 0 Å². The number of ether oxygens (including phenoxy) is 2. The van der Waals surface area contributed by atoms with Crippen LogP contribution >= 0.6 is 12.2 Å². The smallest absolute Gasteiger partial charge is 0.195 e. The Morgan fingerprint density at radius 3 is 2.45 bits per heavy atom. The molecule has 0 atom stereocenters. The molecule has 0 aliphatic carbocycles. The topological polar surface area (TPSA) is 52.1 Å². The van der Waals surface area contributed by atoms with Crippen molar-refractivity contribution in [3.05, 3.63) is 23.0 Å². The van der Waals surface area contributed by atoms with E-state index >= 15 is 0 Å². The van der Waals surface area contributed by atoms with Crippen LogP contribution < -0.4 is 9.47 Å². The Bertz CT molecular complexity index is 668. The van der Waals surface area contributed by atoms with Gasteiger partial charge in [0.05, 0.1) is 19.8 Å². The summed E-state index contributed by atoms with van der Waals surface area (Å²) in [6.45, 7) is 6.24. The third-order valence-electron chi connectivity index (χ3n) is 2.99. The summed E-state index contributed by atoms with van der Waals surface area (Å²) in [5.74, 6) is 2.19. The zero-order chi connectivity index (χ0) is 14.9. The zero-order valence-electron chi connectivity index (χ0n) is 12.4. The lowest BCUT2D eigenvalue weighted by Gasteiger charge is -2.23. The molecule has 1 aromatic heterocycles. The van der Waals surface area contributed by atoms with Gasteiger partial charge in [-0.05, 0) is 45.1 Å². The van der Waals surface area contributed by atoms with Crippen molar-refractivity contribution >= 4 is 12.2 Å². The zero-order valence-corrected chi connectivity index (χ0v) is 13.2. The van der Waals surface area contributed by atoms with Gasteiger partial charge in [-0.2, -0.15) is 5.10 Å². The maximum atomic E-state index is 5.44. The van der Waals surface area contributed by atoms with Gasteiger partial charge in [-0.3, -0.25) is 9.67 Å². The fourth-order valence-corrected chi connectivity index (χ4v) is 2.49. The van der Waals surface area contributed by atoms with Crippen molar-refractivity contribution in [1.29, 1.82) is 0 Å². The number of nitrogens with zero attached hydrogens (tertiary/aromatic N) is 2. The maximum absolute atomic E-state index is 5.44. The lowest BCUT2D eigenvalue weighted by atomic mass is 10.1. The summed E-state index contributed by atoms with van der Waals surface area (Å²) < 4.78 is 13.2. The lowest BCUT2D eigenvalue weighted by molar-refractivity contribution is 0.387. The Hall–Kier alpha value is -1.82. The summed E-state index contributed by atoms with van der Waals surface area (Å²) in [5, 5.41) is 7.19. The molecule has 0 aliphatic rings. The molecule has 0 saturated heterocycles. The van der Waals surface area contributed by atoms with Gasteiger partial charge >= 0.3 is 0 Å². The van der Waals surface area contributed by atoms with E-state index in [1.54, 1.807) is 14.2 Å². The Morgan fingerprint density at radius 1 is 1.20 bits per heavy atom. The van der Waals surface area contributed by atoms with E-state index in [2.05, 4.69) is 31.0 Å². The minimum absolute atomic E-state index is 0.176. The Labute approximate surface area is 123 Å². The van der Waals surface area contributed by atoms with E-state index < -0.39 is 0 Å². The van der Waals surface area contributed by atoms with Crippen LogP contribution in [0.4, 0.5) is 0 Å². The summed E-state index contributed by atoms with van der Waals surface area (Å²) in [6, 6.07) is 5.63. The fraction of sp³-hybridized carbons (Fsp3) is 0.429. The van der Waals surface area contributed by atoms with E-state index in [0.29, 0.717) is 10.5 Å². The van der Waals surface area contributed by atoms with Gasteiger partial charge in [0.2, 0.25) is 0 Å². The van der Waals surface area contributed by atoms with Gasteiger partial charge in [0, 0.05) is 11.6 Å². The van der Waals surface area contributed by atoms with E-state index in [9.17, 15) is 0 Å². The predicted octanol–water partition coefficient (Wildman–Crippen LogP) is 3.38. The first-order valence-electron chi connectivity index (χ1n) is 6.28. The van der Waals surface area contributed by atoms with Crippen LogP contribution in [0.5, 0.6) is 11.5 Å². The first-order valence-corrected chi connectivity index (χ1v) is 6.69. The monoisotopic (exact) mass is 293 g/mol. The van der Waals surface area contributed by atoms with Crippen molar-refractivity contribution < 1.29 is 9.47 Å². The molecule has 0 radical (unpaired) electrons. The molecule has 0 aliphatic heterocycles. The second kappa shape index (κ2) is 5.28. The van der Waals surface area contributed by atoms with Gasteiger partial charge in [0.15, 0.2) is 10.6 Å². The minimum atomic E-state index is -0.176. The number of nitrogens with one attached hydrogen (secondary N) is 1. The second-order valence-electron chi connectivity index (χ2n) is 5.42. The largest absolute Gasteiger partial charge is 0.497 e. The number of hydrogen-bond acceptors (Lipinski definition) is 4.